The lowest BCUT2D eigenvalue weighted by molar-refractivity contribution is 0.0957. The van der Waals surface area contributed by atoms with Crippen molar-refractivity contribution in [1.29, 1.82) is 0 Å². The number of nitrogens with one attached hydrogen (secondary N) is 1. The van der Waals surface area contributed by atoms with Crippen molar-refractivity contribution in [2.45, 2.75) is 67.5 Å². The number of rotatable bonds is 8. The Balaban J connectivity index is 0. The third kappa shape index (κ3) is 15.5. The highest BCUT2D eigenvalue weighted by Gasteiger charge is 2.14. The normalized spacial score (nSPS) is 17.6. The van der Waals surface area contributed by atoms with Crippen LogP contribution in [-0.4, -0.2) is 44.0 Å². The molecule has 0 aromatic heterocycles. The van der Waals surface area contributed by atoms with Crippen LogP contribution in [0.4, 0.5) is 0 Å². The van der Waals surface area contributed by atoms with Gasteiger partial charge in [0.05, 0.1) is 0 Å². The molecule has 0 aliphatic carbocycles. The maximum atomic E-state index is 5.78. The van der Waals surface area contributed by atoms with Gasteiger partial charge in [-0.2, -0.15) is 0 Å². The lowest BCUT2D eigenvalue weighted by Gasteiger charge is -2.27. The van der Waals surface area contributed by atoms with Crippen LogP contribution in [0.1, 0.15) is 55.4 Å². The first-order valence-electron chi connectivity index (χ1n) is 10.5. The Labute approximate surface area is 193 Å². The third-order valence-corrected chi connectivity index (χ3v) is 4.86. The van der Waals surface area contributed by atoms with Gasteiger partial charge in [0.2, 0.25) is 0 Å². The van der Waals surface area contributed by atoms with Crippen LogP contribution in [0.25, 0.3) is 0 Å². The van der Waals surface area contributed by atoms with E-state index in [1.54, 1.807) is 18.3 Å². The summed E-state index contributed by atoms with van der Waals surface area (Å²) in [5.41, 5.74) is 6.81. The second kappa shape index (κ2) is 17.4. The van der Waals surface area contributed by atoms with Crippen molar-refractivity contribution in [2.24, 2.45) is 17.0 Å². The minimum atomic E-state index is 0.0330. The molecular formula is C23H45BrN4O2. The molecule has 176 valence electrons. The van der Waals surface area contributed by atoms with Crippen molar-refractivity contribution in [2.75, 3.05) is 26.8 Å². The van der Waals surface area contributed by atoms with Crippen LogP contribution in [0.15, 0.2) is 46.4 Å². The minimum absolute atomic E-state index is 0.0330. The van der Waals surface area contributed by atoms with Gasteiger partial charge in [-0.25, -0.2) is 5.84 Å². The molecule has 7 heteroatoms. The first kappa shape index (κ1) is 30.9. The highest BCUT2D eigenvalue weighted by atomic mass is 79.9. The van der Waals surface area contributed by atoms with Crippen LogP contribution in [0.2, 0.25) is 0 Å². The third-order valence-electron chi connectivity index (χ3n) is 3.91. The number of allylic oxidation sites excluding steroid dienone is 4. The Morgan fingerprint density at radius 2 is 2.00 bits per heavy atom. The predicted molar refractivity (Wildman–Crippen MR) is 134 cm³/mol. The number of hydrazine groups is 1. The molecule has 0 bridgehead atoms. The van der Waals surface area contributed by atoms with Crippen molar-refractivity contribution in [3.8, 4) is 0 Å². The summed E-state index contributed by atoms with van der Waals surface area (Å²) in [6.45, 7) is 18.7. The van der Waals surface area contributed by atoms with Gasteiger partial charge in [0.1, 0.15) is 18.5 Å². The molecule has 2 atom stereocenters. The smallest absolute Gasteiger partial charge is 0.129 e. The molecule has 0 saturated carbocycles. The van der Waals surface area contributed by atoms with Crippen LogP contribution < -0.4 is 16.9 Å². The fourth-order valence-electron chi connectivity index (χ4n) is 2.23. The largest absolute Gasteiger partial charge is 0.487 e. The molecule has 6 nitrogen and oxygen atoms in total. The molecule has 1 aliphatic heterocycles. The van der Waals surface area contributed by atoms with E-state index in [1.165, 1.54) is 0 Å². The molecule has 0 spiro atoms. The monoisotopic (exact) mass is 488 g/mol. The van der Waals surface area contributed by atoms with E-state index in [4.69, 9.17) is 21.1 Å². The fraction of sp³-hybridized carbons (Fsp3) is 0.652. The summed E-state index contributed by atoms with van der Waals surface area (Å²) in [6, 6.07) is 0.175. The highest BCUT2D eigenvalue weighted by Crippen LogP contribution is 2.15. The van der Waals surface area contributed by atoms with E-state index in [2.05, 4.69) is 42.0 Å². The van der Waals surface area contributed by atoms with Gasteiger partial charge in [-0.05, 0) is 38.3 Å². The van der Waals surface area contributed by atoms with Crippen LogP contribution in [0.3, 0.4) is 0 Å². The number of methoxy groups -OCH3 is 1. The topological polar surface area (TPSA) is 85.8 Å². The van der Waals surface area contributed by atoms with Gasteiger partial charge in [-0.1, -0.05) is 62.7 Å². The van der Waals surface area contributed by atoms with E-state index in [0.717, 1.165) is 29.0 Å². The molecule has 0 amide bonds. The van der Waals surface area contributed by atoms with Crippen molar-refractivity contribution in [3.05, 3.63) is 46.4 Å². The van der Waals surface area contributed by atoms with E-state index in [-0.39, 0.29) is 17.6 Å². The Morgan fingerprint density at radius 1 is 1.40 bits per heavy atom. The van der Waals surface area contributed by atoms with E-state index < -0.39 is 0 Å². The van der Waals surface area contributed by atoms with Gasteiger partial charge in [0.25, 0.3) is 0 Å². The fourth-order valence-corrected chi connectivity index (χ4v) is 2.39. The summed E-state index contributed by atoms with van der Waals surface area (Å²) >= 11 is 3.39. The number of nitrogens with zero attached hydrogens (tertiary/aromatic N) is 1. The zero-order valence-corrected chi connectivity index (χ0v) is 22.0. The summed E-state index contributed by atoms with van der Waals surface area (Å²) in [5.74, 6) is 6.63. The van der Waals surface area contributed by atoms with Crippen LogP contribution >= 0.6 is 15.9 Å². The molecule has 1 rings (SSSR count). The second-order valence-corrected chi connectivity index (χ2v) is 8.82. The zero-order valence-electron chi connectivity index (χ0n) is 20.5. The lowest BCUT2D eigenvalue weighted by atomic mass is 9.96. The van der Waals surface area contributed by atoms with E-state index in [1.807, 2.05) is 58.9 Å². The Hall–Kier alpha value is -1.28. The number of nitrogens with two attached hydrogens (primary N) is 2. The molecule has 0 saturated heterocycles. The van der Waals surface area contributed by atoms with E-state index in [9.17, 15) is 0 Å². The molecular weight excluding hydrogens is 444 g/mol. The van der Waals surface area contributed by atoms with Crippen LogP contribution in [0, 0.1) is 5.41 Å². The summed E-state index contributed by atoms with van der Waals surface area (Å²) < 4.78 is 11.7. The van der Waals surface area contributed by atoms with Crippen molar-refractivity contribution < 1.29 is 9.47 Å². The van der Waals surface area contributed by atoms with Crippen LogP contribution in [-0.2, 0) is 9.47 Å². The summed E-state index contributed by atoms with van der Waals surface area (Å²) in [5, 5.41) is 5.12. The van der Waals surface area contributed by atoms with Crippen molar-refractivity contribution in [1.82, 2.24) is 10.3 Å². The van der Waals surface area contributed by atoms with Gasteiger partial charge < -0.3 is 25.5 Å². The molecule has 2 unspecified atom stereocenters. The van der Waals surface area contributed by atoms with Gasteiger partial charge >= 0.3 is 0 Å². The number of hydrogen-bond donors (Lipinski definition) is 3. The molecule has 0 aromatic rings. The lowest BCUT2D eigenvalue weighted by Crippen LogP contribution is -2.36. The number of ether oxygens (including phenoxy) is 2. The summed E-state index contributed by atoms with van der Waals surface area (Å²) in [6.07, 6.45) is 9.52. The zero-order chi connectivity index (χ0) is 23.7. The molecule has 0 aromatic carbocycles. The van der Waals surface area contributed by atoms with Gasteiger partial charge in [0, 0.05) is 42.6 Å². The Morgan fingerprint density at radius 3 is 2.47 bits per heavy atom. The van der Waals surface area contributed by atoms with Gasteiger partial charge in [-0.15, -0.1) is 0 Å². The molecule has 5 N–H and O–H groups in total. The highest BCUT2D eigenvalue weighted by molar-refractivity contribution is 9.11. The van der Waals surface area contributed by atoms with E-state index in [0.29, 0.717) is 6.61 Å². The summed E-state index contributed by atoms with van der Waals surface area (Å²) in [4.78, 5) is 0. The SMILES string of the molecule is C/C=C(\C)N(N)CC(C)(C)C.CC.COCC1=CC=CC(CNC(C)/C(Br)=C/N)O1. The van der Waals surface area contributed by atoms with Crippen molar-refractivity contribution >= 4 is 15.9 Å². The minimum Gasteiger partial charge on any atom is -0.487 e. The number of halogens is 1. The average Bonchev–Trinajstić information content (AvgIpc) is 2.72. The first-order valence-corrected chi connectivity index (χ1v) is 11.3. The standard InChI is InChI=1S/C12H19BrN2O2.C9H20N2.C2H6/c1-9(12(13)6-14)15-7-10-4-3-5-11(17-10)8-16-2;1-6-8(2)11(10)7-9(3,4)5;1-2/h3-6,9-10,15H,7-8,14H2,1-2H3;6H,7,10H2,1-5H3;1-2H3/b12-6-;8-6+;. The second-order valence-electron chi connectivity index (χ2n) is 7.91. The Kier molecular flexibility index (Phi) is 17.9. The summed E-state index contributed by atoms with van der Waals surface area (Å²) in [7, 11) is 1.65. The molecule has 1 aliphatic rings. The molecule has 30 heavy (non-hydrogen) atoms. The Bertz CT molecular complexity index is 566. The average molecular weight is 490 g/mol. The first-order chi connectivity index (χ1) is 14.0. The maximum Gasteiger partial charge on any atom is 0.129 e. The van der Waals surface area contributed by atoms with E-state index >= 15 is 0 Å². The maximum absolute atomic E-state index is 5.78. The van der Waals surface area contributed by atoms with Gasteiger partial charge in [-0.3, -0.25) is 0 Å². The quantitative estimate of drug-likeness (QED) is 0.335. The van der Waals surface area contributed by atoms with Crippen molar-refractivity contribution in [3.63, 3.8) is 0 Å². The molecule has 0 radical (unpaired) electrons. The number of hydrogen-bond acceptors (Lipinski definition) is 6. The van der Waals surface area contributed by atoms with Gasteiger partial charge in [0.15, 0.2) is 0 Å². The predicted octanol–water partition coefficient (Wildman–Crippen LogP) is 4.80. The molecule has 0 fully saturated rings. The van der Waals surface area contributed by atoms with Crippen LogP contribution in [0.5, 0.6) is 0 Å². The molecule has 1 heterocycles.